The van der Waals surface area contributed by atoms with Crippen LogP contribution in [0.15, 0.2) is 53.1 Å². The number of anilines is 1. The van der Waals surface area contributed by atoms with E-state index in [2.05, 4.69) is 31.0 Å². The minimum absolute atomic E-state index is 0.0341. The Bertz CT molecular complexity index is 1140. The van der Waals surface area contributed by atoms with E-state index in [9.17, 15) is 14.7 Å². The standard InChI is InChI=1S/C22H21N3O3S2/c1-12-23-24-21(30-12)25-17(13-7-9-14(10-8-13)22(2,3)4)16(19(27)20(25)28)18(26)15-6-5-11-29-15/h5-11,17,27H,1-4H3/t17-/m1/s1. The molecule has 1 amide bonds. The second kappa shape index (κ2) is 7.45. The first kappa shape index (κ1) is 20.4. The summed E-state index contributed by atoms with van der Waals surface area (Å²) in [6.07, 6.45) is 0. The van der Waals surface area contributed by atoms with Crippen LogP contribution >= 0.6 is 22.7 Å². The van der Waals surface area contributed by atoms with Crippen LogP contribution in [0, 0.1) is 6.92 Å². The zero-order valence-corrected chi connectivity index (χ0v) is 18.7. The Morgan fingerprint density at radius 1 is 1.13 bits per heavy atom. The molecular formula is C22H21N3O3S2. The highest BCUT2D eigenvalue weighted by molar-refractivity contribution is 7.15. The number of aryl methyl sites for hydroxylation is 1. The molecule has 1 atom stereocenters. The monoisotopic (exact) mass is 439 g/mol. The second-order valence-electron chi connectivity index (χ2n) is 8.12. The van der Waals surface area contributed by atoms with Gasteiger partial charge in [0.1, 0.15) is 5.01 Å². The van der Waals surface area contributed by atoms with E-state index in [4.69, 9.17) is 0 Å². The Morgan fingerprint density at radius 3 is 2.37 bits per heavy atom. The number of aromatic nitrogens is 2. The molecule has 8 heteroatoms. The van der Waals surface area contributed by atoms with Gasteiger partial charge in [0.2, 0.25) is 10.9 Å². The van der Waals surface area contributed by atoms with Gasteiger partial charge in [0, 0.05) is 0 Å². The number of nitrogens with zero attached hydrogens (tertiary/aromatic N) is 3. The maximum absolute atomic E-state index is 13.2. The summed E-state index contributed by atoms with van der Waals surface area (Å²) in [4.78, 5) is 28.1. The van der Waals surface area contributed by atoms with Crippen LogP contribution in [0.25, 0.3) is 0 Å². The molecule has 30 heavy (non-hydrogen) atoms. The lowest BCUT2D eigenvalue weighted by atomic mass is 9.85. The molecule has 0 bridgehead atoms. The summed E-state index contributed by atoms with van der Waals surface area (Å²) in [5.74, 6) is -1.54. The zero-order chi connectivity index (χ0) is 21.6. The van der Waals surface area contributed by atoms with Gasteiger partial charge in [-0.1, -0.05) is 62.4 Å². The molecule has 0 fully saturated rings. The quantitative estimate of drug-likeness (QED) is 0.579. The maximum Gasteiger partial charge on any atom is 0.296 e. The molecule has 0 radical (unpaired) electrons. The number of hydrogen-bond donors (Lipinski definition) is 1. The molecule has 1 aliphatic rings. The van der Waals surface area contributed by atoms with Crippen molar-refractivity contribution in [2.45, 2.75) is 39.2 Å². The number of hydrogen-bond acceptors (Lipinski definition) is 7. The fourth-order valence-electron chi connectivity index (χ4n) is 3.44. The van der Waals surface area contributed by atoms with Crippen LogP contribution in [-0.2, 0) is 10.2 Å². The van der Waals surface area contributed by atoms with Gasteiger partial charge in [0.25, 0.3) is 5.91 Å². The smallest absolute Gasteiger partial charge is 0.296 e. The van der Waals surface area contributed by atoms with Gasteiger partial charge in [0.15, 0.2) is 5.76 Å². The van der Waals surface area contributed by atoms with Crippen molar-refractivity contribution < 1.29 is 14.7 Å². The molecule has 0 saturated carbocycles. The third kappa shape index (κ3) is 3.46. The third-order valence-electron chi connectivity index (χ3n) is 5.01. The molecule has 3 aromatic rings. The third-order valence-corrected chi connectivity index (χ3v) is 6.72. The predicted octanol–water partition coefficient (Wildman–Crippen LogP) is 4.99. The van der Waals surface area contributed by atoms with E-state index in [0.29, 0.717) is 15.0 Å². The van der Waals surface area contributed by atoms with E-state index >= 15 is 0 Å². The summed E-state index contributed by atoms with van der Waals surface area (Å²) in [5.41, 5.74) is 1.90. The van der Waals surface area contributed by atoms with Gasteiger partial charge in [-0.05, 0) is 34.9 Å². The number of Topliss-reactive ketones (excluding diaryl/α,β-unsaturated/α-hetero) is 1. The van der Waals surface area contributed by atoms with Crippen molar-refractivity contribution in [3.8, 4) is 0 Å². The molecule has 1 N–H and O–H groups in total. The Balaban J connectivity index is 1.85. The van der Waals surface area contributed by atoms with Gasteiger partial charge in [-0.2, -0.15) is 0 Å². The molecule has 154 valence electrons. The summed E-state index contributed by atoms with van der Waals surface area (Å²) in [7, 11) is 0. The average molecular weight is 440 g/mol. The molecule has 6 nitrogen and oxygen atoms in total. The van der Waals surface area contributed by atoms with Crippen molar-refractivity contribution in [1.29, 1.82) is 0 Å². The summed E-state index contributed by atoms with van der Waals surface area (Å²) in [6.45, 7) is 8.15. The number of ketones is 1. The highest BCUT2D eigenvalue weighted by Crippen LogP contribution is 2.43. The molecule has 2 aromatic heterocycles. The first-order valence-electron chi connectivity index (χ1n) is 9.44. The van der Waals surface area contributed by atoms with Gasteiger partial charge >= 0.3 is 0 Å². The molecule has 0 unspecified atom stereocenters. The topological polar surface area (TPSA) is 83.4 Å². The summed E-state index contributed by atoms with van der Waals surface area (Å²) in [5, 5.41) is 21.6. The molecule has 0 aliphatic carbocycles. The number of thiophene rings is 1. The molecule has 1 aromatic carbocycles. The second-order valence-corrected chi connectivity index (χ2v) is 10.2. The lowest BCUT2D eigenvalue weighted by Gasteiger charge is -2.25. The molecular weight excluding hydrogens is 418 g/mol. The van der Waals surface area contributed by atoms with Crippen molar-refractivity contribution in [2.75, 3.05) is 4.90 Å². The van der Waals surface area contributed by atoms with Gasteiger partial charge in [-0.3, -0.25) is 14.5 Å². The molecule has 0 spiro atoms. The van der Waals surface area contributed by atoms with Crippen LogP contribution in [0.5, 0.6) is 0 Å². The Kier molecular flexibility index (Phi) is 5.07. The number of benzene rings is 1. The van der Waals surface area contributed by atoms with Gasteiger partial charge in [-0.25, -0.2) is 0 Å². The molecule has 4 rings (SSSR count). The van der Waals surface area contributed by atoms with E-state index in [-0.39, 0.29) is 16.8 Å². The van der Waals surface area contributed by atoms with Crippen LogP contribution in [0.3, 0.4) is 0 Å². The number of aliphatic hydroxyl groups excluding tert-OH is 1. The van der Waals surface area contributed by atoms with Crippen LogP contribution in [-0.4, -0.2) is 27.0 Å². The van der Waals surface area contributed by atoms with Crippen molar-refractivity contribution >= 4 is 39.5 Å². The summed E-state index contributed by atoms with van der Waals surface area (Å²) < 4.78 is 0. The van der Waals surface area contributed by atoms with Crippen molar-refractivity contribution in [3.05, 3.63) is 74.1 Å². The Labute approximate surface area is 182 Å². The SMILES string of the molecule is Cc1nnc(N2C(=O)C(O)=C(C(=O)c3cccs3)[C@H]2c2ccc(C(C)(C)C)cc2)s1. The highest BCUT2D eigenvalue weighted by Gasteiger charge is 2.46. The van der Waals surface area contributed by atoms with E-state index in [1.165, 1.54) is 27.6 Å². The zero-order valence-electron chi connectivity index (χ0n) is 17.0. The first-order valence-corrected chi connectivity index (χ1v) is 11.1. The molecule has 0 saturated heterocycles. The summed E-state index contributed by atoms with van der Waals surface area (Å²) in [6, 6.07) is 10.5. The fraction of sp³-hybridized carbons (Fsp3) is 0.273. The Morgan fingerprint density at radius 2 is 1.83 bits per heavy atom. The predicted molar refractivity (Wildman–Crippen MR) is 118 cm³/mol. The maximum atomic E-state index is 13.2. The number of aliphatic hydroxyl groups is 1. The van der Waals surface area contributed by atoms with Gasteiger partial charge in [0.05, 0.1) is 16.5 Å². The van der Waals surface area contributed by atoms with Crippen molar-refractivity contribution in [3.63, 3.8) is 0 Å². The first-order chi connectivity index (χ1) is 14.2. The lowest BCUT2D eigenvalue weighted by molar-refractivity contribution is -0.117. The normalized spacial score (nSPS) is 17.1. The molecule has 3 heterocycles. The van der Waals surface area contributed by atoms with Crippen molar-refractivity contribution in [2.24, 2.45) is 0 Å². The molecule has 1 aliphatic heterocycles. The van der Waals surface area contributed by atoms with Gasteiger partial charge < -0.3 is 5.11 Å². The van der Waals surface area contributed by atoms with E-state index < -0.39 is 17.7 Å². The fourth-order valence-corrected chi connectivity index (χ4v) is 4.83. The van der Waals surface area contributed by atoms with Crippen LogP contribution in [0.4, 0.5) is 5.13 Å². The number of amides is 1. The minimum Gasteiger partial charge on any atom is -0.503 e. The summed E-state index contributed by atoms with van der Waals surface area (Å²) >= 11 is 2.52. The van der Waals surface area contributed by atoms with E-state index in [0.717, 1.165) is 11.1 Å². The largest absolute Gasteiger partial charge is 0.503 e. The average Bonchev–Trinajstić information content (AvgIpc) is 3.42. The van der Waals surface area contributed by atoms with Crippen LogP contribution in [0.2, 0.25) is 0 Å². The lowest BCUT2D eigenvalue weighted by Crippen LogP contribution is -2.31. The minimum atomic E-state index is -0.770. The van der Waals surface area contributed by atoms with Crippen LogP contribution < -0.4 is 4.90 Å². The van der Waals surface area contributed by atoms with Crippen LogP contribution in [0.1, 0.15) is 52.6 Å². The van der Waals surface area contributed by atoms with Crippen molar-refractivity contribution in [1.82, 2.24) is 10.2 Å². The Hall–Kier alpha value is -2.84. The van der Waals surface area contributed by atoms with Gasteiger partial charge in [-0.15, -0.1) is 21.5 Å². The number of rotatable bonds is 4. The van der Waals surface area contributed by atoms with E-state index in [1.807, 2.05) is 24.3 Å². The number of carbonyl (C=O) groups excluding carboxylic acids is 2. The number of carbonyl (C=O) groups is 2. The van der Waals surface area contributed by atoms with E-state index in [1.54, 1.807) is 24.4 Å². The highest BCUT2D eigenvalue weighted by atomic mass is 32.1.